The second-order valence-corrected chi connectivity index (χ2v) is 5.27. The number of likely N-dealkylation sites (N-methyl/N-ethyl adjacent to an activating group) is 1. The number of hydrogen-bond acceptors (Lipinski definition) is 4. The molecule has 0 bridgehead atoms. The second-order valence-electron chi connectivity index (χ2n) is 5.27. The maximum atomic E-state index is 12.2. The number of nitrogens with zero attached hydrogens (tertiary/aromatic N) is 2. The topological polar surface area (TPSA) is 61.6 Å². The van der Waals surface area contributed by atoms with Gasteiger partial charge in [0, 0.05) is 37.3 Å². The number of hydrazine groups is 1. The highest BCUT2D eigenvalue weighted by Gasteiger charge is 2.16. The van der Waals surface area contributed by atoms with Crippen LogP contribution in [0.15, 0.2) is 18.2 Å². The van der Waals surface area contributed by atoms with E-state index in [0.29, 0.717) is 12.1 Å². The molecule has 3 N–H and O–H groups in total. The van der Waals surface area contributed by atoms with Crippen LogP contribution in [-0.4, -0.2) is 55.6 Å². The van der Waals surface area contributed by atoms with E-state index in [9.17, 15) is 4.79 Å². The van der Waals surface area contributed by atoms with Gasteiger partial charge in [-0.1, -0.05) is 11.8 Å². The van der Waals surface area contributed by atoms with Crippen molar-refractivity contribution in [1.29, 1.82) is 0 Å². The van der Waals surface area contributed by atoms with Gasteiger partial charge in [0.25, 0.3) is 5.91 Å². The molecular weight excluding hydrogens is 264 g/mol. The molecule has 0 aliphatic carbocycles. The predicted octanol–water partition coefficient (Wildman–Crippen LogP) is 0.197. The average molecular weight is 286 g/mol. The van der Waals surface area contributed by atoms with E-state index in [4.69, 9.17) is 5.73 Å². The molecule has 21 heavy (non-hydrogen) atoms. The maximum Gasteiger partial charge on any atom is 0.265 e. The molecule has 0 saturated carbocycles. The van der Waals surface area contributed by atoms with Crippen LogP contribution in [0.1, 0.15) is 21.5 Å². The van der Waals surface area contributed by atoms with E-state index in [2.05, 4.69) is 29.2 Å². The Balaban J connectivity index is 2.01. The van der Waals surface area contributed by atoms with Crippen molar-refractivity contribution in [3.8, 4) is 11.8 Å². The lowest BCUT2D eigenvalue weighted by Crippen LogP contribution is -2.52. The van der Waals surface area contributed by atoms with Crippen molar-refractivity contribution in [2.24, 2.45) is 5.73 Å². The lowest BCUT2D eigenvalue weighted by atomic mass is 10.1. The molecule has 1 aliphatic rings. The van der Waals surface area contributed by atoms with Crippen molar-refractivity contribution < 1.29 is 4.79 Å². The van der Waals surface area contributed by atoms with Crippen LogP contribution in [0.5, 0.6) is 0 Å². The molecule has 1 amide bonds. The zero-order valence-electron chi connectivity index (χ0n) is 12.6. The Labute approximate surface area is 126 Å². The number of carbonyl (C=O) groups excluding carboxylic acids is 1. The molecule has 1 heterocycles. The first-order valence-corrected chi connectivity index (χ1v) is 7.14. The van der Waals surface area contributed by atoms with Gasteiger partial charge in [0.15, 0.2) is 0 Å². The minimum Gasteiger partial charge on any atom is -0.320 e. The molecular formula is C16H22N4O. The highest BCUT2D eigenvalue weighted by molar-refractivity contribution is 5.94. The van der Waals surface area contributed by atoms with Crippen molar-refractivity contribution in [1.82, 2.24) is 15.3 Å². The third-order valence-corrected chi connectivity index (χ3v) is 3.58. The van der Waals surface area contributed by atoms with Crippen LogP contribution in [-0.2, 0) is 0 Å². The predicted molar refractivity (Wildman–Crippen MR) is 83.6 cm³/mol. The smallest absolute Gasteiger partial charge is 0.265 e. The molecule has 1 aliphatic heterocycles. The van der Waals surface area contributed by atoms with Crippen molar-refractivity contribution >= 4 is 5.91 Å². The van der Waals surface area contributed by atoms with Crippen LogP contribution >= 0.6 is 0 Å². The number of carbonyl (C=O) groups is 1. The van der Waals surface area contributed by atoms with E-state index < -0.39 is 0 Å². The second kappa shape index (κ2) is 7.23. The van der Waals surface area contributed by atoms with Gasteiger partial charge in [0.05, 0.1) is 6.54 Å². The first-order valence-electron chi connectivity index (χ1n) is 7.14. The summed E-state index contributed by atoms with van der Waals surface area (Å²) >= 11 is 0. The first kappa shape index (κ1) is 15.5. The number of nitrogens with two attached hydrogens (primary N) is 1. The molecule has 2 rings (SSSR count). The normalized spacial score (nSPS) is 16.1. The van der Waals surface area contributed by atoms with Gasteiger partial charge in [-0.25, -0.2) is 5.01 Å². The van der Waals surface area contributed by atoms with Gasteiger partial charge in [-0.2, -0.15) is 0 Å². The summed E-state index contributed by atoms with van der Waals surface area (Å²) in [6, 6.07) is 5.54. The molecule has 5 heteroatoms. The molecule has 0 unspecified atom stereocenters. The number of hydrogen-bond donors (Lipinski definition) is 2. The van der Waals surface area contributed by atoms with E-state index >= 15 is 0 Å². The molecule has 112 valence electrons. The fraction of sp³-hybridized carbons (Fsp3) is 0.438. The molecule has 0 radical (unpaired) electrons. The number of amides is 1. The Morgan fingerprint density at radius 2 is 2.05 bits per heavy atom. The Morgan fingerprint density at radius 1 is 1.33 bits per heavy atom. The van der Waals surface area contributed by atoms with Crippen LogP contribution < -0.4 is 11.2 Å². The number of rotatable bonds is 2. The summed E-state index contributed by atoms with van der Waals surface area (Å²) in [4.78, 5) is 14.5. The quantitative estimate of drug-likeness (QED) is 0.762. The minimum atomic E-state index is -0.0685. The van der Waals surface area contributed by atoms with Gasteiger partial charge in [-0.3, -0.25) is 10.2 Å². The number of nitrogens with one attached hydrogen (secondary N) is 1. The SMILES string of the molecule is Cc1cc(C(=O)NN2CCN(C)CC2)ccc1C#CCN. The Morgan fingerprint density at radius 3 is 2.67 bits per heavy atom. The summed E-state index contributed by atoms with van der Waals surface area (Å²) in [5.41, 5.74) is 10.9. The summed E-state index contributed by atoms with van der Waals surface area (Å²) in [5, 5.41) is 1.97. The monoisotopic (exact) mass is 286 g/mol. The largest absolute Gasteiger partial charge is 0.320 e. The van der Waals surface area contributed by atoms with E-state index in [0.717, 1.165) is 37.3 Å². The molecule has 1 saturated heterocycles. The van der Waals surface area contributed by atoms with E-state index in [1.165, 1.54) is 0 Å². The van der Waals surface area contributed by atoms with Crippen LogP contribution in [0.25, 0.3) is 0 Å². The van der Waals surface area contributed by atoms with E-state index in [-0.39, 0.29) is 5.91 Å². The minimum absolute atomic E-state index is 0.0685. The zero-order valence-corrected chi connectivity index (χ0v) is 12.6. The summed E-state index contributed by atoms with van der Waals surface area (Å²) < 4.78 is 0. The highest BCUT2D eigenvalue weighted by Crippen LogP contribution is 2.10. The number of benzene rings is 1. The third kappa shape index (κ3) is 4.30. The lowest BCUT2D eigenvalue weighted by molar-refractivity contribution is 0.0662. The molecule has 1 aromatic carbocycles. The van der Waals surface area contributed by atoms with E-state index in [1.54, 1.807) is 6.07 Å². The Bertz CT molecular complexity index is 565. The number of aryl methyl sites for hydroxylation is 1. The Hall–Kier alpha value is -1.87. The van der Waals surface area contributed by atoms with Crippen LogP contribution in [0, 0.1) is 18.8 Å². The van der Waals surface area contributed by atoms with Crippen molar-refractivity contribution in [2.45, 2.75) is 6.92 Å². The van der Waals surface area contributed by atoms with Crippen LogP contribution in [0.4, 0.5) is 0 Å². The molecule has 0 aromatic heterocycles. The Kier molecular flexibility index (Phi) is 5.34. The average Bonchev–Trinajstić information content (AvgIpc) is 2.48. The fourth-order valence-electron chi connectivity index (χ4n) is 2.22. The van der Waals surface area contributed by atoms with Crippen molar-refractivity contribution in [3.05, 3.63) is 34.9 Å². The van der Waals surface area contributed by atoms with Gasteiger partial charge in [0.2, 0.25) is 0 Å². The molecule has 1 aromatic rings. The zero-order chi connectivity index (χ0) is 15.2. The van der Waals surface area contributed by atoms with Gasteiger partial charge >= 0.3 is 0 Å². The van der Waals surface area contributed by atoms with Gasteiger partial charge in [-0.05, 0) is 37.7 Å². The van der Waals surface area contributed by atoms with Crippen LogP contribution in [0.2, 0.25) is 0 Å². The molecule has 1 fully saturated rings. The maximum absolute atomic E-state index is 12.2. The van der Waals surface area contributed by atoms with Crippen molar-refractivity contribution in [3.63, 3.8) is 0 Å². The van der Waals surface area contributed by atoms with Gasteiger partial charge in [-0.15, -0.1) is 0 Å². The standard InChI is InChI=1S/C16H22N4O/c1-13-12-15(6-5-14(13)4-3-7-17)16(21)18-20-10-8-19(2)9-11-20/h5-6,12H,7-11,17H2,1-2H3,(H,18,21). The summed E-state index contributed by atoms with van der Waals surface area (Å²) in [5.74, 6) is 5.76. The van der Waals surface area contributed by atoms with Crippen LogP contribution in [0.3, 0.4) is 0 Å². The van der Waals surface area contributed by atoms with Gasteiger partial charge < -0.3 is 10.6 Å². The van der Waals surface area contributed by atoms with Crippen molar-refractivity contribution in [2.75, 3.05) is 39.8 Å². The molecule has 0 spiro atoms. The summed E-state index contributed by atoms with van der Waals surface area (Å²) in [6.45, 7) is 5.92. The third-order valence-electron chi connectivity index (χ3n) is 3.58. The summed E-state index contributed by atoms with van der Waals surface area (Å²) in [6.07, 6.45) is 0. The fourth-order valence-corrected chi connectivity index (χ4v) is 2.22. The van der Waals surface area contributed by atoms with Gasteiger partial charge in [0.1, 0.15) is 0 Å². The molecule has 5 nitrogen and oxygen atoms in total. The highest BCUT2D eigenvalue weighted by atomic mass is 16.2. The summed E-state index contributed by atoms with van der Waals surface area (Å²) in [7, 11) is 2.09. The van der Waals surface area contributed by atoms with E-state index in [1.807, 2.05) is 24.1 Å². The lowest BCUT2D eigenvalue weighted by Gasteiger charge is -2.32. The first-order chi connectivity index (χ1) is 10.1. The molecule has 0 atom stereocenters. The number of piperazine rings is 1.